The van der Waals surface area contributed by atoms with Crippen molar-refractivity contribution in [3.8, 4) is 22.8 Å². The fourth-order valence-corrected chi connectivity index (χ4v) is 3.43. The van der Waals surface area contributed by atoms with E-state index in [0.717, 1.165) is 16.3 Å². The maximum absolute atomic E-state index is 6.18. The van der Waals surface area contributed by atoms with Crippen LogP contribution in [0, 0.1) is 0 Å². The number of fused-ring (bicyclic) bond motifs is 1. The molecule has 0 atom stereocenters. The SMILES string of the molecule is COc1ccc(-c2c/c(=N\c3nccs3)c3cc(Cl)ccc3o2)cc1OC. The fraction of sp³-hybridized carbons (Fsp3) is 0.100. The molecule has 2 aromatic heterocycles. The molecule has 27 heavy (non-hydrogen) atoms. The first-order chi connectivity index (χ1) is 13.2. The number of nitrogens with zero attached hydrogens (tertiary/aromatic N) is 2. The lowest BCUT2D eigenvalue weighted by Crippen LogP contribution is -2.03. The zero-order valence-corrected chi connectivity index (χ0v) is 16.2. The molecule has 2 heterocycles. The van der Waals surface area contributed by atoms with E-state index in [4.69, 9.17) is 25.5 Å². The van der Waals surface area contributed by atoms with Gasteiger partial charge in [-0.2, -0.15) is 0 Å². The molecule has 0 radical (unpaired) electrons. The molecule has 0 bridgehead atoms. The first kappa shape index (κ1) is 17.6. The Bertz CT molecular complexity index is 1170. The molecule has 0 unspecified atom stereocenters. The molecule has 0 fully saturated rings. The Morgan fingerprint density at radius 1 is 1.04 bits per heavy atom. The first-order valence-corrected chi connectivity index (χ1v) is 9.34. The summed E-state index contributed by atoms with van der Waals surface area (Å²) in [7, 11) is 3.21. The molecule has 0 aliphatic carbocycles. The molecule has 0 amide bonds. The van der Waals surface area contributed by atoms with Crippen LogP contribution < -0.4 is 14.8 Å². The normalized spacial score (nSPS) is 11.7. The summed E-state index contributed by atoms with van der Waals surface area (Å²) >= 11 is 7.64. The van der Waals surface area contributed by atoms with Crippen LogP contribution in [-0.2, 0) is 0 Å². The lowest BCUT2D eigenvalue weighted by molar-refractivity contribution is 0.355. The van der Waals surface area contributed by atoms with E-state index < -0.39 is 0 Å². The molecule has 4 rings (SSSR count). The van der Waals surface area contributed by atoms with Crippen LogP contribution in [-0.4, -0.2) is 19.2 Å². The van der Waals surface area contributed by atoms with Crippen LogP contribution in [0.4, 0.5) is 5.13 Å². The highest BCUT2D eigenvalue weighted by atomic mass is 35.5. The monoisotopic (exact) mass is 398 g/mol. The Hall–Kier alpha value is -2.83. The van der Waals surface area contributed by atoms with E-state index in [-0.39, 0.29) is 0 Å². The Kier molecular flexibility index (Phi) is 4.83. The largest absolute Gasteiger partial charge is 0.493 e. The van der Waals surface area contributed by atoms with Crippen LogP contribution in [0.25, 0.3) is 22.3 Å². The quantitative estimate of drug-likeness (QED) is 0.458. The maximum atomic E-state index is 6.18. The average Bonchev–Trinajstić information content (AvgIpc) is 3.20. The predicted octanol–water partition coefficient (Wildman–Crippen LogP) is 5.46. The van der Waals surface area contributed by atoms with Gasteiger partial charge in [-0.25, -0.2) is 9.98 Å². The summed E-state index contributed by atoms with van der Waals surface area (Å²) in [6, 6.07) is 13.0. The van der Waals surface area contributed by atoms with E-state index in [9.17, 15) is 0 Å². The summed E-state index contributed by atoms with van der Waals surface area (Å²) in [6.07, 6.45) is 1.72. The second-order valence-electron chi connectivity index (χ2n) is 5.63. The molecule has 0 saturated carbocycles. The van der Waals surface area contributed by atoms with Gasteiger partial charge in [-0.15, -0.1) is 11.3 Å². The summed E-state index contributed by atoms with van der Waals surface area (Å²) < 4.78 is 16.8. The molecular formula is C20H15ClN2O3S. The number of benzene rings is 2. The van der Waals surface area contributed by atoms with Gasteiger partial charge in [-0.3, -0.25) is 0 Å². The number of methoxy groups -OCH3 is 2. The van der Waals surface area contributed by atoms with Crippen molar-refractivity contribution >= 4 is 39.0 Å². The Morgan fingerprint density at radius 3 is 2.63 bits per heavy atom. The van der Waals surface area contributed by atoms with Crippen molar-refractivity contribution in [2.24, 2.45) is 4.99 Å². The van der Waals surface area contributed by atoms with Crippen molar-refractivity contribution in [2.75, 3.05) is 14.2 Å². The van der Waals surface area contributed by atoms with E-state index in [0.29, 0.717) is 33.0 Å². The fourth-order valence-electron chi connectivity index (χ4n) is 2.74. The van der Waals surface area contributed by atoms with Crippen molar-refractivity contribution in [1.29, 1.82) is 0 Å². The minimum absolute atomic E-state index is 0.618. The van der Waals surface area contributed by atoms with Crippen LogP contribution in [0.1, 0.15) is 0 Å². The molecule has 0 spiro atoms. The van der Waals surface area contributed by atoms with Crippen LogP contribution in [0.15, 0.2) is 63.5 Å². The van der Waals surface area contributed by atoms with Gasteiger partial charge in [0.05, 0.1) is 19.6 Å². The zero-order chi connectivity index (χ0) is 18.8. The number of thiazole rings is 1. The number of halogens is 1. The molecular weight excluding hydrogens is 384 g/mol. The van der Waals surface area contributed by atoms with Crippen molar-refractivity contribution in [3.05, 3.63) is 64.4 Å². The zero-order valence-electron chi connectivity index (χ0n) is 14.6. The van der Waals surface area contributed by atoms with Gasteiger partial charge in [0.15, 0.2) is 11.5 Å². The molecule has 2 aromatic carbocycles. The van der Waals surface area contributed by atoms with Crippen molar-refractivity contribution in [1.82, 2.24) is 4.98 Å². The lowest BCUT2D eigenvalue weighted by Gasteiger charge is -2.10. The third-order valence-corrected chi connectivity index (χ3v) is 4.91. The van der Waals surface area contributed by atoms with Crippen LogP contribution in [0.3, 0.4) is 0 Å². The summed E-state index contributed by atoms with van der Waals surface area (Å²) in [6.45, 7) is 0. The molecule has 7 heteroatoms. The van der Waals surface area contributed by atoms with Crippen LogP contribution in [0.5, 0.6) is 11.5 Å². The predicted molar refractivity (Wildman–Crippen MR) is 107 cm³/mol. The topological polar surface area (TPSA) is 56.9 Å². The van der Waals surface area contributed by atoms with Gasteiger partial charge in [-0.05, 0) is 36.4 Å². The van der Waals surface area contributed by atoms with E-state index in [1.165, 1.54) is 11.3 Å². The van der Waals surface area contributed by atoms with Crippen LogP contribution in [0.2, 0.25) is 5.02 Å². The highest BCUT2D eigenvalue weighted by Gasteiger charge is 2.11. The van der Waals surface area contributed by atoms with E-state index in [2.05, 4.69) is 9.98 Å². The van der Waals surface area contributed by atoms with Gasteiger partial charge in [0.25, 0.3) is 0 Å². The maximum Gasteiger partial charge on any atom is 0.209 e. The minimum atomic E-state index is 0.618. The molecule has 0 N–H and O–H groups in total. The first-order valence-electron chi connectivity index (χ1n) is 8.08. The molecule has 0 aliphatic heterocycles. The van der Waals surface area contributed by atoms with Gasteiger partial charge < -0.3 is 13.9 Å². The van der Waals surface area contributed by atoms with E-state index in [1.54, 1.807) is 26.5 Å². The summed E-state index contributed by atoms with van der Waals surface area (Å²) in [4.78, 5) is 8.91. The summed E-state index contributed by atoms with van der Waals surface area (Å²) in [5, 5.41) is 4.73. The average molecular weight is 399 g/mol. The summed E-state index contributed by atoms with van der Waals surface area (Å²) in [5.74, 6) is 1.93. The second kappa shape index (κ2) is 7.42. The van der Waals surface area contributed by atoms with Gasteiger partial charge in [0.2, 0.25) is 5.13 Å². The highest BCUT2D eigenvalue weighted by Crippen LogP contribution is 2.33. The standard InChI is InChI=1S/C20H15ClN2O3S/c1-24-17-5-3-12(9-19(17)25-2)18-11-15(23-20-22-7-8-27-20)14-10-13(21)4-6-16(14)26-18/h3-11H,1-2H3/b23-15+. The summed E-state index contributed by atoms with van der Waals surface area (Å²) in [5.41, 5.74) is 1.53. The Labute approximate surface area is 164 Å². The number of hydrogen-bond donors (Lipinski definition) is 0. The third-order valence-electron chi connectivity index (χ3n) is 4.01. The van der Waals surface area contributed by atoms with Gasteiger partial charge >= 0.3 is 0 Å². The highest BCUT2D eigenvalue weighted by molar-refractivity contribution is 7.13. The van der Waals surface area contributed by atoms with Gasteiger partial charge in [-0.1, -0.05) is 11.6 Å². The number of rotatable bonds is 4. The van der Waals surface area contributed by atoms with E-state index in [1.807, 2.05) is 41.8 Å². The molecule has 0 saturated heterocycles. The van der Waals surface area contributed by atoms with E-state index >= 15 is 0 Å². The third kappa shape index (κ3) is 3.54. The van der Waals surface area contributed by atoms with Gasteiger partial charge in [0.1, 0.15) is 11.3 Å². The minimum Gasteiger partial charge on any atom is -0.493 e. The van der Waals surface area contributed by atoms with Crippen LogP contribution >= 0.6 is 22.9 Å². The molecule has 5 nitrogen and oxygen atoms in total. The van der Waals surface area contributed by atoms with Crippen molar-refractivity contribution < 1.29 is 13.9 Å². The van der Waals surface area contributed by atoms with Crippen molar-refractivity contribution in [2.45, 2.75) is 0 Å². The van der Waals surface area contributed by atoms with Gasteiger partial charge in [0, 0.05) is 33.6 Å². The van der Waals surface area contributed by atoms with Crippen molar-refractivity contribution in [3.63, 3.8) is 0 Å². The lowest BCUT2D eigenvalue weighted by atomic mass is 10.1. The number of ether oxygens (including phenoxy) is 2. The molecule has 0 aliphatic rings. The Balaban J connectivity index is 1.96. The smallest absolute Gasteiger partial charge is 0.209 e. The Morgan fingerprint density at radius 2 is 1.89 bits per heavy atom. The second-order valence-corrected chi connectivity index (χ2v) is 6.94. The molecule has 4 aromatic rings. The number of hydrogen-bond acceptors (Lipinski definition) is 6. The number of aromatic nitrogens is 1. The molecule has 136 valence electrons.